The zero-order chi connectivity index (χ0) is 19.6. The van der Waals surface area contributed by atoms with Crippen LogP contribution in [0, 0.1) is 0 Å². The first kappa shape index (κ1) is 20.3. The second kappa shape index (κ2) is 8.29. The molecule has 150 valence electrons. The molecule has 0 aromatic heterocycles. The average molecular weight is 394 g/mol. The van der Waals surface area contributed by atoms with Crippen molar-refractivity contribution < 1.29 is 13.2 Å². The van der Waals surface area contributed by atoms with Gasteiger partial charge in [0.25, 0.3) is 0 Å². The first-order valence-electron chi connectivity index (χ1n) is 9.94. The molecule has 0 bridgehead atoms. The predicted molar refractivity (Wildman–Crippen MR) is 106 cm³/mol. The number of nitrogens with zero attached hydrogens (tertiary/aromatic N) is 3. The Bertz CT molecular complexity index is 735. The quantitative estimate of drug-likeness (QED) is 0.787. The maximum Gasteiger partial charge on any atom is 0.243 e. The summed E-state index contributed by atoms with van der Waals surface area (Å²) < 4.78 is 27.1. The molecule has 0 unspecified atom stereocenters. The van der Waals surface area contributed by atoms with E-state index in [9.17, 15) is 13.2 Å². The van der Waals surface area contributed by atoms with Gasteiger partial charge in [-0.15, -0.1) is 0 Å². The van der Waals surface area contributed by atoms with Crippen LogP contribution in [0.1, 0.15) is 40.0 Å². The van der Waals surface area contributed by atoms with Crippen molar-refractivity contribution in [3.05, 3.63) is 30.3 Å². The van der Waals surface area contributed by atoms with E-state index in [1.807, 2.05) is 17.9 Å². The van der Waals surface area contributed by atoms with Crippen LogP contribution in [-0.4, -0.2) is 72.7 Å². The molecule has 0 aliphatic carbocycles. The van der Waals surface area contributed by atoms with Crippen LogP contribution in [-0.2, 0) is 14.8 Å². The summed E-state index contributed by atoms with van der Waals surface area (Å²) in [5, 5.41) is 0. The normalized spacial score (nSPS) is 26.7. The van der Waals surface area contributed by atoms with Gasteiger partial charge < -0.3 is 4.90 Å². The molecular formula is C20H31N3O3S. The van der Waals surface area contributed by atoms with Crippen molar-refractivity contribution in [1.82, 2.24) is 14.1 Å². The molecule has 1 aromatic rings. The standard InChI is InChI=1S/C20H31N3O3S/c1-16-8-7-9-17(2)23(16)20(24)18(3)21-12-14-22(15-13-21)27(25,26)19-10-5-4-6-11-19/h4-6,10-11,16-18H,7-9,12-15H2,1-3H3/t16-,17-,18+/m0/s1. The highest BCUT2D eigenvalue weighted by atomic mass is 32.2. The Hall–Kier alpha value is -1.44. The van der Waals surface area contributed by atoms with Gasteiger partial charge in [-0.1, -0.05) is 18.2 Å². The van der Waals surface area contributed by atoms with Gasteiger partial charge in [0.15, 0.2) is 0 Å². The third-order valence-electron chi connectivity index (χ3n) is 6.01. The van der Waals surface area contributed by atoms with Gasteiger partial charge >= 0.3 is 0 Å². The molecule has 3 atom stereocenters. The average Bonchev–Trinajstić information content (AvgIpc) is 2.68. The minimum absolute atomic E-state index is 0.175. The van der Waals surface area contributed by atoms with Crippen molar-refractivity contribution in [3.63, 3.8) is 0 Å². The van der Waals surface area contributed by atoms with Crippen molar-refractivity contribution in [2.45, 2.75) is 63.1 Å². The summed E-state index contributed by atoms with van der Waals surface area (Å²) in [6.07, 6.45) is 3.30. The zero-order valence-electron chi connectivity index (χ0n) is 16.5. The number of sulfonamides is 1. The summed E-state index contributed by atoms with van der Waals surface area (Å²) in [7, 11) is -3.46. The van der Waals surface area contributed by atoms with E-state index in [1.54, 1.807) is 24.3 Å². The van der Waals surface area contributed by atoms with Gasteiger partial charge in [0.2, 0.25) is 15.9 Å². The van der Waals surface area contributed by atoms with Crippen molar-refractivity contribution in [1.29, 1.82) is 0 Å². The molecule has 3 rings (SSSR count). The van der Waals surface area contributed by atoms with Gasteiger partial charge in [0.05, 0.1) is 10.9 Å². The molecule has 1 amide bonds. The van der Waals surface area contributed by atoms with Gasteiger partial charge in [-0.2, -0.15) is 4.31 Å². The molecule has 7 heteroatoms. The van der Waals surface area contributed by atoms with E-state index in [-0.39, 0.29) is 24.0 Å². The van der Waals surface area contributed by atoms with E-state index in [1.165, 1.54) is 10.7 Å². The van der Waals surface area contributed by atoms with Crippen LogP contribution in [0.3, 0.4) is 0 Å². The largest absolute Gasteiger partial charge is 0.336 e. The first-order valence-corrected chi connectivity index (χ1v) is 11.4. The highest BCUT2D eigenvalue weighted by molar-refractivity contribution is 7.89. The smallest absolute Gasteiger partial charge is 0.243 e. The van der Waals surface area contributed by atoms with Gasteiger partial charge in [-0.05, 0) is 52.2 Å². The summed E-state index contributed by atoms with van der Waals surface area (Å²) in [6, 6.07) is 8.91. The summed E-state index contributed by atoms with van der Waals surface area (Å²) in [5.74, 6) is 0.175. The van der Waals surface area contributed by atoms with Crippen LogP contribution < -0.4 is 0 Å². The number of carbonyl (C=O) groups is 1. The summed E-state index contributed by atoms with van der Waals surface area (Å²) in [4.78, 5) is 17.6. The number of hydrogen-bond donors (Lipinski definition) is 0. The number of amides is 1. The number of piperidine rings is 1. The molecule has 0 spiro atoms. The van der Waals surface area contributed by atoms with Gasteiger partial charge in [-0.25, -0.2) is 8.42 Å². The zero-order valence-corrected chi connectivity index (χ0v) is 17.4. The lowest BCUT2D eigenvalue weighted by molar-refractivity contribution is -0.143. The molecule has 0 saturated carbocycles. The maximum atomic E-state index is 13.1. The van der Waals surface area contributed by atoms with Crippen molar-refractivity contribution >= 4 is 15.9 Å². The fraction of sp³-hybridized carbons (Fsp3) is 0.650. The molecule has 27 heavy (non-hydrogen) atoms. The van der Waals surface area contributed by atoms with Crippen LogP contribution in [0.4, 0.5) is 0 Å². The number of carbonyl (C=O) groups excluding carboxylic acids is 1. The Labute approximate surface area is 163 Å². The topological polar surface area (TPSA) is 60.9 Å². The molecule has 2 aliphatic heterocycles. The first-order chi connectivity index (χ1) is 12.8. The van der Waals surface area contributed by atoms with Crippen LogP contribution in [0.5, 0.6) is 0 Å². The molecule has 2 aliphatic rings. The van der Waals surface area contributed by atoms with Crippen molar-refractivity contribution in [2.75, 3.05) is 26.2 Å². The van der Waals surface area contributed by atoms with E-state index < -0.39 is 10.0 Å². The number of rotatable bonds is 4. The van der Waals surface area contributed by atoms with E-state index >= 15 is 0 Å². The lowest BCUT2D eigenvalue weighted by Crippen LogP contribution is -2.58. The lowest BCUT2D eigenvalue weighted by atomic mass is 9.96. The SMILES string of the molecule is C[C@H](C(=O)N1[C@@H](C)CCC[C@@H]1C)N1CCN(S(=O)(=O)c2ccccc2)CC1. The van der Waals surface area contributed by atoms with Crippen molar-refractivity contribution in [2.24, 2.45) is 0 Å². The molecule has 1 aromatic carbocycles. The summed E-state index contributed by atoms with van der Waals surface area (Å²) in [6.45, 7) is 8.21. The monoisotopic (exact) mass is 393 g/mol. The molecule has 2 fully saturated rings. The number of benzene rings is 1. The number of piperazine rings is 1. The minimum atomic E-state index is -3.46. The molecule has 6 nitrogen and oxygen atoms in total. The Balaban J connectivity index is 1.62. The molecular weight excluding hydrogens is 362 g/mol. The Morgan fingerprint density at radius 2 is 1.56 bits per heavy atom. The second-order valence-corrected chi connectivity index (χ2v) is 9.74. The fourth-order valence-corrected chi connectivity index (χ4v) is 5.74. The number of likely N-dealkylation sites (tertiary alicyclic amines) is 1. The van der Waals surface area contributed by atoms with E-state index in [0.717, 1.165) is 12.8 Å². The Kier molecular flexibility index (Phi) is 6.23. The highest BCUT2D eigenvalue weighted by Gasteiger charge is 2.36. The van der Waals surface area contributed by atoms with Gasteiger partial charge in [0, 0.05) is 38.3 Å². The molecule has 0 N–H and O–H groups in total. The van der Waals surface area contributed by atoms with E-state index in [2.05, 4.69) is 18.7 Å². The van der Waals surface area contributed by atoms with Gasteiger partial charge in [-0.3, -0.25) is 9.69 Å². The molecule has 0 radical (unpaired) electrons. The fourth-order valence-electron chi connectivity index (χ4n) is 4.30. The predicted octanol–water partition coefficient (Wildman–Crippen LogP) is 2.17. The van der Waals surface area contributed by atoms with Crippen LogP contribution in [0.15, 0.2) is 35.2 Å². The number of hydrogen-bond acceptors (Lipinski definition) is 4. The highest BCUT2D eigenvalue weighted by Crippen LogP contribution is 2.25. The lowest BCUT2D eigenvalue weighted by Gasteiger charge is -2.43. The minimum Gasteiger partial charge on any atom is -0.336 e. The Morgan fingerprint density at radius 1 is 1.00 bits per heavy atom. The maximum absolute atomic E-state index is 13.1. The van der Waals surface area contributed by atoms with Crippen molar-refractivity contribution in [3.8, 4) is 0 Å². The van der Waals surface area contributed by atoms with Crippen LogP contribution >= 0.6 is 0 Å². The van der Waals surface area contributed by atoms with E-state index in [0.29, 0.717) is 31.1 Å². The Morgan fingerprint density at radius 3 is 2.11 bits per heavy atom. The third kappa shape index (κ3) is 4.20. The second-order valence-electron chi connectivity index (χ2n) is 7.80. The third-order valence-corrected chi connectivity index (χ3v) is 7.92. The van der Waals surface area contributed by atoms with E-state index in [4.69, 9.17) is 0 Å². The molecule has 2 saturated heterocycles. The summed E-state index contributed by atoms with van der Waals surface area (Å²) in [5.41, 5.74) is 0. The van der Waals surface area contributed by atoms with Crippen LogP contribution in [0.25, 0.3) is 0 Å². The molecule has 2 heterocycles. The summed E-state index contributed by atoms with van der Waals surface area (Å²) >= 11 is 0. The van der Waals surface area contributed by atoms with Crippen LogP contribution in [0.2, 0.25) is 0 Å². The van der Waals surface area contributed by atoms with Gasteiger partial charge in [0.1, 0.15) is 0 Å².